The van der Waals surface area contributed by atoms with E-state index < -0.39 is 11.4 Å². The fourth-order valence-electron chi connectivity index (χ4n) is 3.25. The normalized spacial score (nSPS) is 18.6. The number of carboxylic acid groups (broad SMARTS) is 1. The zero-order chi connectivity index (χ0) is 15.5. The maximum atomic E-state index is 11.6. The van der Waals surface area contributed by atoms with Gasteiger partial charge in [0.2, 0.25) is 0 Å². The van der Waals surface area contributed by atoms with E-state index >= 15 is 0 Å². The summed E-state index contributed by atoms with van der Waals surface area (Å²) in [5.74, 6) is -0.608. The molecule has 0 aliphatic carbocycles. The Morgan fingerprint density at radius 3 is 2.57 bits per heavy atom. The Balaban J connectivity index is 1.97. The number of nitrogens with zero attached hydrogens (tertiary/aromatic N) is 1. The Kier molecular flexibility index (Phi) is 5.44. The van der Waals surface area contributed by atoms with Crippen LogP contribution in [-0.2, 0) is 11.3 Å². The third-order valence-corrected chi connectivity index (χ3v) is 5.51. The van der Waals surface area contributed by atoms with Gasteiger partial charge < -0.3 is 5.11 Å². The first-order valence-corrected chi connectivity index (χ1v) is 8.47. The number of hydrogen-bond donors (Lipinski definition) is 1. The van der Waals surface area contributed by atoms with Crippen molar-refractivity contribution in [3.8, 4) is 0 Å². The molecular weight excluding hydrogens is 330 g/mol. The molecule has 21 heavy (non-hydrogen) atoms. The first-order valence-electron chi connectivity index (χ1n) is 7.67. The minimum Gasteiger partial charge on any atom is -0.481 e. The summed E-state index contributed by atoms with van der Waals surface area (Å²) in [6.45, 7) is 6.83. The third-order valence-electron chi connectivity index (χ3n) is 4.62. The highest BCUT2D eigenvalue weighted by molar-refractivity contribution is 9.10. The second-order valence-electron chi connectivity index (χ2n) is 6.20. The highest BCUT2D eigenvalue weighted by Gasteiger charge is 2.40. The van der Waals surface area contributed by atoms with E-state index in [0.29, 0.717) is 0 Å². The molecule has 1 saturated heterocycles. The van der Waals surface area contributed by atoms with Gasteiger partial charge in [0.25, 0.3) is 0 Å². The summed E-state index contributed by atoms with van der Waals surface area (Å²) in [5.41, 5.74) is 2.06. The zero-order valence-electron chi connectivity index (χ0n) is 12.9. The lowest BCUT2D eigenvalue weighted by molar-refractivity contribution is -0.152. The number of aliphatic carboxylic acids is 1. The number of halogens is 1. The number of piperidine rings is 1. The molecule has 0 aromatic heterocycles. The van der Waals surface area contributed by atoms with E-state index in [0.717, 1.165) is 49.8 Å². The van der Waals surface area contributed by atoms with E-state index in [1.165, 1.54) is 11.1 Å². The maximum absolute atomic E-state index is 11.6. The van der Waals surface area contributed by atoms with E-state index in [9.17, 15) is 9.90 Å². The van der Waals surface area contributed by atoms with Gasteiger partial charge in [-0.3, -0.25) is 9.69 Å². The number of carbonyl (C=O) groups is 1. The molecule has 0 atom stereocenters. The summed E-state index contributed by atoms with van der Waals surface area (Å²) < 4.78 is 1.14. The molecule has 116 valence electrons. The Labute approximate surface area is 135 Å². The van der Waals surface area contributed by atoms with Crippen LogP contribution in [0, 0.1) is 12.3 Å². The number of carboxylic acids is 1. The summed E-state index contributed by atoms with van der Waals surface area (Å²) in [4.78, 5) is 14.0. The molecule has 0 spiro atoms. The first-order chi connectivity index (χ1) is 9.97. The van der Waals surface area contributed by atoms with Crippen molar-refractivity contribution >= 4 is 21.9 Å². The SMILES string of the molecule is CCCC1(C(=O)O)CCN(Cc2ccc(Br)c(C)c2)CC1. The van der Waals surface area contributed by atoms with Crippen LogP contribution < -0.4 is 0 Å². The second-order valence-corrected chi connectivity index (χ2v) is 7.05. The van der Waals surface area contributed by atoms with E-state index in [1.807, 2.05) is 0 Å². The number of hydrogen-bond acceptors (Lipinski definition) is 2. The molecule has 1 heterocycles. The zero-order valence-corrected chi connectivity index (χ0v) is 14.4. The Morgan fingerprint density at radius 1 is 1.38 bits per heavy atom. The topological polar surface area (TPSA) is 40.5 Å². The van der Waals surface area contributed by atoms with Gasteiger partial charge in [0.1, 0.15) is 0 Å². The molecule has 1 aliphatic rings. The van der Waals surface area contributed by atoms with Gasteiger partial charge in [0.05, 0.1) is 5.41 Å². The summed E-state index contributed by atoms with van der Waals surface area (Å²) in [6, 6.07) is 6.44. The third kappa shape index (κ3) is 3.86. The maximum Gasteiger partial charge on any atom is 0.309 e. The van der Waals surface area contributed by atoms with E-state index in [1.54, 1.807) is 0 Å². The molecule has 1 fully saturated rings. The molecular formula is C17H24BrNO2. The van der Waals surface area contributed by atoms with Crippen molar-refractivity contribution < 1.29 is 9.90 Å². The average molecular weight is 354 g/mol. The van der Waals surface area contributed by atoms with Crippen LogP contribution in [0.15, 0.2) is 22.7 Å². The standard InChI is InChI=1S/C17H24BrNO2/c1-3-6-17(16(20)21)7-9-19(10-8-17)12-14-4-5-15(18)13(2)11-14/h4-5,11H,3,6-10,12H2,1-2H3,(H,20,21). The molecule has 1 N–H and O–H groups in total. The fraction of sp³-hybridized carbons (Fsp3) is 0.588. The van der Waals surface area contributed by atoms with Crippen molar-refractivity contribution in [1.29, 1.82) is 0 Å². The van der Waals surface area contributed by atoms with Crippen LogP contribution in [-0.4, -0.2) is 29.1 Å². The lowest BCUT2D eigenvalue weighted by Gasteiger charge is -2.39. The predicted molar refractivity (Wildman–Crippen MR) is 88.4 cm³/mol. The predicted octanol–water partition coefficient (Wildman–Crippen LogP) is 4.22. The van der Waals surface area contributed by atoms with Crippen LogP contribution in [0.5, 0.6) is 0 Å². The molecule has 2 rings (SSSR count). The average Bonchev–Trinajstić information content (AvgIpc) is 2.45. The summed E-state index contributed by atoms with van der Waals surface area (Å²) in [6.07, 6.45) is 3.28. The number of rotatable bonds is 5. The van der Waals surface area contributed by atoms with Crippen LogP contribution >= 0.6 is 15.9 Å². The number of likely N-dealkylation sites (tertiary alicyclic amines) is 1. The van der Waals surface area contributed by atoms with Crippen molar-refractivity contribution in [1.82, 2.24) is 4.90 Å². The van der Waals surface area contributed by atoms with Gasteiger partial charge in [-0.15, -0.1) is 0 Å². The van der Waals surface area contributed by atoms with Gasteiger partial charge in [-0.25, -0.2) is 0 Å². The quantitative estimate of drug-likeness (QED) is 0.861. The minimum absolute atomic E-state index is 0.485. The second kappa shape index (κ2) is 6.93. The highest BCUT2D eigenvalue weighted by atomic mass is 79.9. The van der Waals surface area contributed by atoms with Crippen LogP contribution in [0.4, 0.5) is 0 Å². The molecule has 1 aromatic rings. The van der Waals surface area contributed by atoms with Gasteiger partial charge in [0, 0.05) is 11.0 Å². The monoisotopic (exact) mass is 353 g/mol. The first kappa shape index (κ1) is 16.5. The molecule has 1 aliphatic heterocycles. The molecule has 4 heteroatoms. The lowest BCUT2D eigenvalue weighted by atomic mass is 9.75. The van der Waals surface area contributed by atoms with Crippen molar-refractivity contribution in [2.75, 3.05) is 13.1 Å². The van der Waals surface area contributed by atoms with Crippen molar-refractivity contribution in [2.24, 2.45) is 5.41 Å². The Hall–Kier alpha value is -0.870. The van der Waals surface area contributed by atoms with E-state index in [-0.39, 0.29) is 0 Å². The van der Waals surface area contributed by atoms with E-state index in [4.69, 9.17) is 0 Å². The van der Waals surface area contributed by atoms with Crippen LogP contribution in [0.3, 0.4) is 0 Å². The highest BCUT2D eigenvalue weighted by Crippen LogP contribution is 2.36. The lowest BCUT2D eigenvalue weighted by Crippen LogP contribution is -2.44. The minimum atomic E-state index is -0.608. The van der Waals surface area contributed by atoms with Gasteiger partial charge in [-0.05, 0) is 56.5 Å². The van der Waals surface area contributed by atoms with Crippen LogP contribution in [0.2, 0.25) is 0 Å². The summed E-state index contributed by atoms with van der Waals surface area (Å²) in [7, 11) is 0. The van der Waals surface area contributed by atoms with Crippen molar-refractivity contribution in [3.63, 3.8) is 0 Å². The number of aryl methyl sites for hydroxylation is 1. The van der Waals surface area contributed by atoms with Crippen molar-refractivity contribution in [2.45, 2.75) is 46.1 Å². The molecule has 0 unspecified atom stereocenters. The molecule has 3 nitrogen and oxygen atoms in total. The molecule has 1 aromatic carbocycles. The smallest absolute Gasteiger partial charge is 0.309 e. The summed E-state index contributed by atoms with van der Waals surface area (Å²) in [5, 5.41) is 9.54. The molecule has 0 saturated carbocycles. The van der Waals surface area contributed by atoms with Gasteiger partial charge in [-0.2, -0.15) is 0 Å². The van der Waals surface area contributed by atoms with Gasteiger partial charge >= 0.3 is 5.97 Å². The molecule has 0 bridgehead atoms. The summed E-state index contributed by atoms with van der Waals surface area (Å²) >= 11 is 3.52. The Morgan fingerprint density at radius 2 is 2.05 bits per heavy atom. The largest absolute Gasteiger partial charge is 0.481 e. The van der Waals surface area contributed by atoms with E-state index in [2.05, 4.69) is 52.9 Å². The number of benzene rings is 1. The van der Waals surface area contributed by atoms with Crippen molar-refractivity contribution in [3.05, 3.63) is 33.8 Å². The van der Waals surface area contributed by atoms with Crippen LogP contribution in [0.25, 0.3) is 0 Å². The fourth-order valence-corrected chi connectivity index (χ4v) is 3.50. The molecule has 0 radical (unpaired) electrons. The van der Waals surface area contributed by atoms with Gasteiger partial charge in [0.15, 0.2) is 0 Å². The van der Waals surface area contributed by atoms with Gasteiger partial charge in [-0.1, -0.05) is 41.4 Å². The van der Waals surface area contributed by atoms with Crippen LogP contribution in [0.1, 0.15) is 43.7 Å². The molecule has 0 amide bonds. The Bertz CT molecular complexity index is 508.